The van der Waals surface area contributed by atoms with Crippen molar-refractivity contribution >= 4 is 37.3 Å². The minimum atomic E-state index is -3.45. The van der Waals surface area contributed by atoms with E-state index in [1.54, 1.807) is 27.8 Å². The molecule has 1 aliphatic rings. The molecule has 1 aromatic heterocycles. The highest BCUT2D eigenvalue weighted by molar-refractivity contribution is 9.09. The highest BCUT2D eigenvalue weighted by Gasteiger charge is 2.40. The SMILES string of the molecule is Cc1ccc(S(=O)(=O)N2CC(Br)CC2c2cccs2)cc1. The summed E-state index contributed by atoms with van der Waals surface area (Å²) in [6.45, 7) is 2.47. The molecule has 2 atom stereocenters. The van der Waals surface area contributed by atoms with Crippen LogP contribution in [0.25, 0.3) is 0 Å². The van der Waals surface area contributed by atoms with E-state index in [-0.39, 0.29) is 10.9 Å². The molecule has 0 amide bonds. The van der Waals surface area contributed by atoms with Crippen molar-refractivity contribution in [2.24, 2.45) is 0 Å². The molecule has 0 saturated carbocycles. The number of halogens is 1. The predicted molar refractivity (Wildman–Crippen MR) is 89.5 cm³/mol. The van der Waals surface area contributed by atoms with Gasteiger partial charge in [-0.2, -0.15) is 4.31 Å². The van der Waals surface area contributed by atoms with Crippen molar-refractivity contribution in [2.45, 2.75) is 29.1 Å². The van der Waals surface area contributed by atoms with Gasteiger partial charge in [0.2, 0.25) is 10.0 Å². The fraction of sp³-hybridized carbons (Fsp3) is 0.333. The van der Waals surface area contributed by atoms with Crippen molar-refractivity contribution in [3.05, 3.63) is 52.2 Å². The van der Waals surface area contributed by atoms with E-state index in [0.717, 1.165) is 16.9 Å². The van der Waals surface area contributed by atoms with Crippen LogP contribution < -0.4 is 0 Å². The first kappa shape index (κ1) is 15.2. The van der Waals surface area contributed by atoms with Gasteiger partial charge in [0.1, 0.15) is 0 Å². The molecule has 1 aromatic carbocycles. The number of thiophene rings is 1. The molecule has 0 bridgehead atoms. The Bertz CT molecular complexity index is 711. The van der Waals surface area contributed by atoms with Crippen molar-refractivity contribution in [2.75, 3.05) is 6.54 Å². The lowest BCUT2D eigenvalue weighted by Crippen LogP contribution is -2.31. The number of hydrogen-bond donors (Lipinski definition) is 0. The van der Waals surface area contributed by atoms with Crippen molar-refractivity contribution in [3.63, 3.8) is 0 Å². The molecular weight excluding hydrogens is 370 g/mol. The largest absolute Gasteiger partial charge is 0.243 e. The molecule has 0 aliphatic carbocycles. The van der Waals surface area contributed by atoms with E-state index in [4.69, 9.17) is 0 Å². The van der Waals surface area contributed by atoms with Crippen molar-refractivity contribution in [1.29, 1.82) is 0 Å². The highest BCUT2D eigenvalue weighted by Crippen LogP contribution is 2.40. The maximum absolute atomic E-state index is 12.9. The molecule has 2 unspecified atom stereocenters. The lowest BCUT2D eigenvalue weighted by molar-refractivity contribution is 0.401. The molecule has 0 spiro atoms. The molecule has 1 aliphatic heterocycles. The number of sulfonamides is 1. The first-order valence-electron chi connectivity index (χ1n) is 6.74. The summed E-state index contributed by atoms with van der Waals surface area (Å²) >= 11 is 5.19. The lowest BCUT2D eigenvalue weighted by atomic mass is 10.2. The summed E-state index contributed by atoms with van der Waals surface area (Å²) in [7, 11) is -3.45. The fourth-order valence-electron chi connectivity index (χ4n) is 2.61. The van der Waals surface area contributed by atoms with Crippen LogP contribution in [-0.2, 0) is 10.0 Å². The quantitative estimate of drug-likeness (QED) is 0.749. The van der Waals surface area contributed by atoms with Gasteiger partial charge < -0.3 is 0 Å². The van der Waals surface area contributed by atoms with Crippen molar-refractivity contribution < 1.29 is 8.42 Å². The molecule has 112 valence electrons. The monoisotopic (exact) mass is 385 g/mol. The van der Waals surface area contributed by atoms with Crippen LogP contribution in [0.5, 0.6) is 0 Å². The van der Waals surface area contributed by atoms with Crippen LogP contribution in [0.1, 0.15) is 22.9 Å². The summed E-state index contributed by atoms with van der Waals surface area (Å²) in [4.78, 5) is 1.67. The van der Waals surface area contributed by atoms with Crippen LogP contribution in [-0.4, -0.2) is 24.1 Å². The number of benzene rings is 1. The number of hydrogen-bond acceptors (Lipinski definition) is 3. The second-order valence-corrected chi connectivity index (χ2v) is 9.42. The summed E-state index contributed by atoms with van der Waals surface area (Å²) in [6, 6.07) is 11.0. The number of nitrogens with zero attached hydrogens (tertiary/aromatic N) is 1. The zero-order valence-electron chi connectivity index (χ0n) is 11.6. The summed E-state index contributed by atoms with van der Waals surface area (Å²) in [6.07, 6.45) is 0.811. The number of rotatable bonds is 3. The molecular formula is C15H16BrNO2S2. The molecule has 6 heteroatoms. The molecule has 0 radical (unpaired) electrons. The van der Waals surface area contributed by atoms with E-state index < -0.39 is 10.0 Å². The predicted octanol–water partition coefficient (Wildman–Crippen LogP) is 3.96. The second kappa shape index (κ2) is 5.83. The second-order valence-electron chi connectivity index (χ2n) is 5.25. The summed E-state index contributed by atoms with van der Waals surface area (Å²) in [5.74, 6) is 0. The zero-order chi connectivity index (χ0) is 15.0. The molecule has 2 heterocycles. The van der Waals surface area contributed by atoms with Gasteiger partial charge >= 0.3 is 0 Å². The van der Waals surface area contributed by atoms with E-state index >= 15 is 0 Å². The molecule has 3 nitrogen and oxygen atoms in total. The number of alkyl halides is 1. The van der Waals surface area contributed by atoms with Gasteiger partial charge in [0, 0.05) is 16.2 Å². The summed E-state index contributed by atoms with van der Waals surface area (Å²) in [5, 5.41) is 1.99. The Balaban J connectivity index is 1.98. The third-order valence-corrected chi connectivity index (χ3v) is 7.23. The van der Waals surface area contributed by atoms with Gasteiger partial charge in [-0.25, -0.2) is 8.42 Å². The third kappa shape index (κ3) is 2.95. The smallest absolute Gasteiger partial charge is 0.207 e. The van der Waals surface area contributed by atoms with E-state index in [2.05, 4.69) is 15.9 Å². The van der Waals surface area contributed by atoms with Gasteiger partial charge in [-0.15, -0.1) is 11.3 Å². The van der Waals surface area contributed by atoms with Gasteiger partial charge in [-0.1, -0.05) is 39.7 Å². The van der Waals surface area contributed by atoms with Crippen LogP contribution in [0.4, 0.5) is 0 Å². The molecule has 3 rings (SSSR count). The minimum Gasteiger partial charge on any atom is -0.207 e. The lowest BCUT2D eigenvalue weighted by Gasteiger charge is -2.23. The Morgan fingerprint density at radius 3 is 2.57 bits per heavy atom. The van der Waals surface area contributed by atoms with E-state index in [1.165, 1.54) is 0 Å². The first-order valence-corrected chi connectivity index (χ1v) is 9.98. The van der Waals surface area contributed by atoms with E-state index in [9.17, 15) is 8.42 Å². The Labute approximate surface area is 137 Å². The molecule has 1 saturated heterocycles. The van der Waals surface area contributed by atoms with Gasteiger partial charge in [-0.3, -0.25) is 0 Å². The van der Waals surface area contributed by atoms with E-state index in [0.29, 0.717) is 11.4 Å². The van der Waals surface area contributed by atoms with Crippen LogP contribution in [0, 0.1) is 6.92 Å². The topological polar surface area (TPSA) is 37.4 Å². The van der Waals surface area contributed by atoms with E-state index in [1.807, 2.05) is 36.6 Å². The Morgan fingerprint density at radius 2 is 1.95 bits per heavy atom. The highest BCUT2D eigenvalue weighted by atomic mass is 79.9. The Kier molecular flexibility index (Phi) is 4.23. The molecule has 1 fully saturated rings. The first-order chi connectivity index (χ1) is 9.98. The normalized spacial score (nSPS) is 23.5. The van der Waals surface area contributed by atoms with Crippen LogP contribution in [0.15, 0.2) is 46.7 Å². The zero-order valence-corrected chi connectivity index (χ0v) is 14.8. The van der Waals surface area contributed by atoms with Crippen molar-refractivity contribution in [3.8, 4) is 0 Å². The minimum absolute atomic E-state index is 0.0688. The number of aryl methyl sites for hydroxylation is 1. The summed E-state index contributed by atoms with van der Waals surface area (Å²) in [5.41, 5.74) is 1.06. The van der Waals surface area contributed by atoms with Gasteiger partial charge in [0.25, 0.3) is 0 Å². The van der Waals surface area contributed by atoms with Gasteiger partial charge in [0.05, 0.1) is 10.9 Å². The van der Waals surface area contributed by atoms with Crippen LogP contribution in [0.2, 0.25) is 0 Å². The third-order valence-electron chi connectivity index (χ3n) is 3.70. The standard InChI is InChI=1S/C15H16BrNO2S2/c1-11-4-6-13(7-5-11)21(18,19)17-10-12(16)9-14(17)15-3-2-8-20-15/h2-8,12,14H,9-10H2,1H3. The average molecular weight is 386 g/mol. The average Bonchev–Trinajstić information content (AvgIpc) is 3.08. The maximum Gasteiger partial charge on any atom is 0.243 e. The van der Waals surface area contributed by atoms with Crippen LogP contribution >= 0.6 is 27.3 Å². The molecule has 2 aromatic rings. The summed E-state index contributed by atoms with van der Waals surface area (Å²) < 4.78 is 27.4. The van der Waals surface area contributed by atoms with Gasteiger partial charge in [-0.05, 0) is 36.9 Å². The fourth-order valence-corrected chi connectivity index (χ4v) is 6.05. The van der Waals surface area contributed by atoms with Gasteiger partial charge in [0.15, 0.2) is 0 Å². The molecule has 0 N–H and O–H groups in total. The van der Waals surface area contributed by atoms with Crippen LogP contribution in [0.3, 0.4) is 0 Å². The Morgan fingerprint density at radius 1 is 1.24 bits per heavy atom. The maximum atomic E-state index is 12.9. The van der Waals surface area contributed by atoms with Crippen molar-refractivity contribution in [1.82, 2.24) is 4.31 Å². The Hall–Kier alpha value is -0.690. The molecule has 21 heavy (non-hydrogen) atoms.